The standard InChI is InChI=1S/C25H22ClNO2/c1-3-27-22-10-8-17(24(28)12-13-26)14-20(22)21-15-18(9-11-23(21)27)25(29)19-7-5-4-6-16(19)2/h4-11,14-15H,3,12-13H2,1-2H3. The molecule has 0 saturated heterocycles. The Labute approximate surface area is 174 Å². The van der Waals surface area contributed by atoms with Gasteiger partial charge in [0.2, 0.25) is 0 Å². The third-order valence-electron chi connectivity index (χ3n) is 5.48. The number of aryl methyl sites for hydroxylation is 2. The second-order valence-electron chi connectivity index (χ2n) is 7.21. The number of fused-ring (bicyclic) bond motifs is 3. The predicted molar refractivity (Wildman–Crippen MR) is 119 cm³/mol. The Hall–Kier alpha value is -2.91. The predicted octanol–water partition coefficient (Wildman–Crippen LogP) is 6.17. The van der Waals surface area contributed by atoms with Gasteiger partial charge in [0.1, 0.15) is 0 Å². The third kappa shape index (κ3) is 3.36. The molecule has 0 saturated carbocycles. The minimum Gasteiger partial charge on any atom is -0.341 e. The topological polar surface area (TPSA) is 39.1 Å². The molecule has 3 nitrogen and oxygen atoms in total. The Balaban J connectivity index is 1.91. The van der Waals surface area contributed by atoms with Gasteiger partial charge in [0.05, 0.1) is 0 Å². The van der Waals surface area contributed by atoms with E-state index in [1.165, 1.54) is 0 Å². The second-order valence-corrected chi connectivity index (χ2v) is 7.59. The number of hydrogen-bond donors (Lipinski definition) is 0. The van der Waals surface area contributed by atoms with Gasteiger partial charge in [-0.25, -0.2) is 0 Å². The van der Waals surface area contributed by atoms with Crippen molar-refractivity contribution in [2.24, 2.45) is 0 Å². The molecule has 0 unspecified atom stereocenters. The molecule has 0 spiro atoms. The van der Waals surface area contributed by atoms with Crippen molar-refractivity contribution >= 4 is 45.0 Å². The Morgan fingerprint density at radius 2 is 1.52 bits per heavy atom. The zero-order chi connectivity index (χ0) is 20.5. The molecule has 0 N–H and O–H groups in total. The lowest BCUT2D eigenvalue weighted by atomic mass is 9.97. The van der Waals surface area contributed by atoms with E-state index in [0.29, 0.717) is 29.0 Å². The zero-order valence-electron chi connectivity index (χ0n) is 16.5. The molecule has 0 bridgehead atoms. The minimum absolute atomic E-state index is 0.0109. The quantitative estimate of drug-likeness (QED) is 0.285. The third-order valence-corrected chi connectivity index (χ3v) is 5.67. The van der Waals surface area contributed by atoms with E-state index in [0.717, 1.165) is 33.9 Å². The van der Waals surface area contributed by atoms with E-state index < -0.39 is 0 Å². The average Bonchev–Trinajstić information content (AvgIpc) is 3.06. The fourth-order valence-electron chi connectivity index (χ4n) is 3.97. The number of alkyl halides is 1. The van der Waals surface area contributed by atoms with Crippen molar-refractivity contribution in [2.45, 2.75) is 26.8 Å². The Kier molecular flexibility index (Phi) is 5.25. The highest BCUT2D eigenvalue weighted by atomic mass is 35.5. The maximum atomic E-state index is 13.1. The fourth-order valence-corrected chi connectivity index (χ4v) is 4.14. The number of rotatable bonds is 6. The van der Waals surface area contributed by atoms with E-state index in [1.807, 2.05) is 67.6 Å². The number of carbonyl (C=O) groups excluding carboxylic acids is 2. The molecule has 4 rings (SSSR count). The maximum Gasteiger partial charge on any atom is 0.193 e. The summed E-state index contributed by atoms with van der Waals surface area (Å²) in [5.41, 5.74) is 5.10. The van der Waals surface area contributed by atoms with Gasteiger partial charge in [0, 0.05) is 57.3 Å². The maximum absolute atomic E-state index is 13.1. The van der Waals surface area contributed by atoms with Crippen LogP contribution in [0, 0.1) is 6.92 Å². The van der Waals surface area contributed by atoms with Crippen LogP contribution in [-0.2, 0) is 6.54 Å². The van der Waals surface area contributed by atoms with Gasteiger partial charge in [-0.3, -0.25) is 9.59 Å². The summed E-state index contributed by atoms with van der Waals surface area (Å²) >= 11 is 5.75. The van der Waals surface area contributed by atoms with Crippen LogP contribution in [0.25, 0.3) is 21.8 Å². The van der Waals surface area contributed by atoms with Crippen LogP contribution in [0.5, 0.6) is 0 Å². The summed E-state index contributed by atoms with van der Waals surface area (Å²) in [5.74, 6) is 0.353. The molecule has 4 heteroatoms. The molecule has 0 atom stereocenters. The van der Waals surface area contributed by atoms with Crippen molar-refractivity contribution in [1.29, 1.82) is 0 Å². The number of benzene rings is 3. The highest BCUT2D eigenvalue weighted by molar-refractivity contribution is 6.20. The van der Waals surface area contributed by atoms with E-state index in [4.69, 9.17) is 11.6 Å². The molecule has 0 radical (unpaired) electrons. The average molecular weight is 404 g/mol. The first-order valence-electron chi connectivity index (χ1n) is 9.80. The van der Waals surface area contributed by atoms with Crippen LogP contribution < -0.4 is 0 Å². The Bertz CT molecular complexity index is 1250. The highest BCUT2D eigenvalue weighted by Crippen LogP contribution is 2.31. The van der Waals surface area contributed by atoms with Crippen LogP contribution in [0.2, 0.25) is 0 Å². The van der Waals surface area contributed by atoms with Crippen molar-refractivity contribution in [2.75, 3.05) is 5.88 Å². The van der Waals surface area contributed by atoms with Gasteiger partial charge in [-0.1, -0.05) is 24.3 Å². The second kappa shape index (κ2) is 7.84. The minimum atomic E-state index is 0.0109. The number of aromatic nitrogens is 1. The van der Waals surface area contributed by atoms with E-state index in [1.54, 1.807) is 0 Å². The summed E-state index contributed by atoms with van der Waals surface area (Å²) < 4.78 is 2.21. The zero-order valence-corrected chi connectivity index (χ0v) is 17.3. The lowest BCUT2D eigenvalue weighted by Gasteiger charge is -2.06. The lowest BCUT2D eigenvalue weighted by Crippen LogP contribution is -2.03. The van der Waals surface area contributed by atoms with Crippen LogP contribution in [0.3, 0.4) is 0 Å². The molecule has 146 valence electrons. The number of hydrogen-bond acceptors (Lipinski definition) is 2. The molecule has 0 fully saturated rings. The van der Waals surface area contributed by atoms with Crippen molar-refractivity contribution in [3.05, 3.63) is 82.9 Å². The van der Waals surface area contributed by atoms with Gasteiger partial charge in [-0.2, -0.15) is 0 Å². The summed E-state index contributed by atoms with van der Waals surface area (Å²) in [6.45, 7) is 4.85. The van der Waals surface area contributed by atoms with Gasteiger partial charge in [-0.15, -0.1) is 11.6 Å². The Morgan fingerprint density at radius 1 is 0.897 bits per heavy atom. The lowest BCUT2D eigenvalue weighted by molar-refractivity contribution is 0.0988. The smallest absolute Gasteiger partial charge is 0.193 e. The van der Waals surface area contributed by atoms with Gasteiger partial charge in [0.15, 0.2) is 11.6 Å². The molecular weight excluding hydrogens is 382 g/mol. The largest absolute Gasteiger partial charge is 0.341 e. The molecule has 0 aliphatic carbocycles. The first-order chi connectivity index (χ1) is 14.0. The molecule has 1 heterocycles. The van der Waals surface area contributed by atoms with Gasteiger partial charge >= 0.3 is 0 Å². The summed E-state index contributed by atoms with van der Waals surface area (Å²) in [6, 6.07) is 19.3. The van der Waals surface area contributed by atoms with Crippen molar-refractivity contribution in [3.8, 4) is 0 Å². The van der Waals surface area contributed by atoms with Crippen LogP contribution in [0.1, 0.15) is 45.2 Å². The van der Waals surface area contributed by atoms with Crippen LogP contribution in [-0.4, -0.2) is 22.0 Å². The molecule has 4 aromatic rings. The summed E-state index contributed by atoms with van der Waals surface area (Å²) in [5, 5.41) is 1.98. The highest BCUT2D eigenvalue weighted by Gasteiger charge is 2.16. The van der Waals surface area contributed by atoms with Crippen LogP contribution >= 0.6 is 11.6 Å². The molecule has 1 aromatic heterocycles. The molecule has 0 aliphatic heterocycles. The normalized spacial score (nSPS) is 11.3. The van der Waals surface area contributed by atoms with E-state index in [-0.39, 0.29) is 11.6 Å². The fraction of sp³-hybridized carbons (Fsp3) is 0.200. The number of carbonyl (C=O) groups is 2. The number of ketones is 2. The van der Waals surface area contributed by atoms with Gasteiger partial charge in [-0.05, 0) is 55.8 Å². The van der Waals surface area contributed by atoms with E-state index in [2.05, 4.69) is 11.5 Å². The van der Waals surface area contributed by atoms with E-state index in [9.17, 15) is 9.59 Å². The number of nitrogens with zero attached hydrogens (tertiary/aromatic N) is 1. The monoisotopic (exact) mass is 403 g/mol. The van der Waals surface area contributed by atoms with Gasteiger partial charge < -0.3 is 4.57 Å². The molecule has 29 heavy (non-hydrogen) atoms. The summed E-state index contributed by atoms with van der Waals surface area (Å²) in [6.07, 6.45) is 0.316. The Morgan fingerprint density at radius 3 is 2.14 bits per heavy atom. The van der Waals surface area contributed by atoms with E-state index >= 15 is 0 Å². The van der Waals surface area contributed by atoms with Crippen LogP contribution in [0.15, 0.2) is 60.7 Å². The molecular formula is C25H22ClNO2. The van der Waals surface area contributed by atoms with Crippen LogP contribution in [0.4, 0.5) is 0 Å². The number of halogens is 1. The molecule has 0 aliphatic rings. The molecule has 0 amide bonds. The molecule has 3 aromatic carbocycles. The van der Waals surface area contributed by atoms with Crippen molar-refractivity contribution in [3.63, 3.8) is 0 Å². The van der Waals surface area contributed by atoms with Crippen molar-refractivity contribution in [1.82, 2.24) is 4.57 Å². The van der Waals surface area contributed by atoms with Crippen molar-refractivity contribution < 1.29 is 9.59 Å². The van der Waals surface area contributed by atoms with Gasteiger partial charge in [0.25, 0.3) is 0 Å². The summed E-state index contributed by atoms with van der Waals surface area (Å²) in [4.78, 5) is 25.5. The number of Topliss-reactive ketones (excluding diaryl/α,β-unsaturated/α-hetero) is 1. The SMILES string of the molecule is CCn1c2ccc(C(=O)CCCl)cc2c2cc(C(=O)c3ccccc3C)ccc21. The first-order valence-corrected chi connectivity index (χ1v) is 10.3. The first kappa shape index (κ1) is 19.4. The summed E-state index contributed by atoms with van der Waals surface area (Å²) in [7, 11) is 0.